The van der Waals surface area contributed by atoms with Crippen LogP contribution in [0.25, 0.3) is 0 Å². The van der Waals surface area contributed by atoms with E-state index in [4.69, 9.17) is 4.98 Å². The molecule has 1 aromatic heterocycles. The first kappa shape index (κ1) is 12.8. The molecule has 1 aliphatic rings. The van der Waals surface area contributed by atoms with Gasteiger partial charge in [0.25, 0.3) is 0 Å². The Hall–Kier alpha value is -0.610. The van der Waals surface area contributed by atoms with Crippen LogP contribution in [0.3, 0.4) is 0 Å². The van der Waals surface area contributed by atoms with Crippen LogP contribution in [0.15, 0.2) is 0 Å². The number of anilines is 1. The van der Waals surface area contributed by atoms with Crippen molar-refractivity contribution < 1.29 is 5.11 Å². The zero-order valence-electron chi connectivity index (χ0n) is 10.9. The van der Waals surface area contributed by atoms with Gasteiger partial charge in [-0.15, -0.1) is 0 Å². The summed E-state index contributed by atoms with van der Waals surface area (Å²) in [5.74, 6) is 0.640. The molecule has 1 heterocycles. The van der Waals surface area contributed by atoms with Crippen molar-refractivity contribution in [3.63, 3.8) is 0 Å². The topological polar surface area (TPSA) is 36.4 Å². The van der Waals surface area contributed by atoms with Gasteiger partial charge in [0.15, 0.2) is 5.13 Å². The van der Waals surface area contributed by atoms with Gasteiger partial charge in [-0.1, -0.05) is 25.2 Å². The van der Waals surface area contributed by atoms with Crippen LogP contribution < -0.4 is 4.90 Å². The van der Waals surface area contributed by atoms with Crippen LogP contribution in [0, 0.1) is 5.92 Å². The van der Waals surface area contributed by atoms with E-state index in [0.29, 0.717) is 5.92 Å². The lowest BCUT2D eigenvalue weighted by molar-refractivity contribution is 0.160. The minimum Gasteiger partial charge on any atom is -0.388 e. The maximum Gasteiger partial charge on any atom is 0.185 e. The minimum atomic E-state index is -0.275. The van der Waals surface area contributed by atoms with Crippen LogP contribution in [0.1, 0.15) is 50.3 Å². The number of aliphatic hydroxyl groups is 1. The van der Waals surface area contributed by atoms with E-state index in [-0.39, 0.29) is 6.10 Å². The summed E-state index contributed by atoms with van der Waals surface area (Å²) in [7, 11) is 0. The summed E-state index contributed by atoms with van der Waals surface area (Å²) in [4.78, 5) is 8.13. The van der Waals surface area contributed by atoms with Gasteiger partial charge < -0.3 is 10.0 Å². The molecule has 0 saturated heterocycles. The Kier molecular flexibility index (Phi) is 4.05. The van der Waals surface area contributed by atoms with E-state index in [1.54, 1.807) is 11.3 Å². The van der Waals surface area contributed by atoms with E-state index in [1.165, 1.54) is 0 Å². The summed E-state index contributed by atoms with van der Waals surface area (Å²) in [6, 6.07) is 0. The molecule has 4 heteroatoms. The minimum absolute atomic E-state index is 0.275. The highest BCUT2D eigenvalue weighted by atomic mass is 32.1. The second-order valence-corrected chi connectivity index (χ2v) is 6.16. The van der Waals surface area contributed by atoms with Gasteiger partial charge in [0.1, 0.15) is 0 Å². The molecule has 0 amide bonds. The quantitative estimate of drug-likeness (QED) is 0.897. The molecule has 0 aromatic carbocycles. The Bertz CT molecular complexity index is 375. The van der Waals surface area contributed by atoms with Crippen molar-refractivity contribution >= 4 is 16.5 Å². The fraction of sp³-hybridized carbons (Fsp3) is 0.769. The van der Waals surface area contributed by atoms with Crippen LogP contribution in [-0.4, -0.2) is 23.2 Å². The van der Waals surface area contributed by atoms with Crippen LogP contribution in [-0.2, 0) is 6.42 Å². The molecule has 0 bridgehead atoms. The smallest absolute Gasteiger partial charge is 0.185 e. The van der Waals surface area contributed by atoms with E-state index < -0.39 is 0 Å². The van der Waals surface area contributed by atoms with Crippen LogP contribution in [0.2, 0.25) is 0 Å². The molecule has 0 fully saturated rings. The van der Waals surface area contributed by atoms with Crippen molar-refractivity contribution in [3.8, 4) is 0 Å². The zero-order valence-corrected chi connectivity index (χ0v) is 11.8. The van der Waals surface area contributed by atoms with Gasteiger partial charge in [-0.3, -0.25) is 0 Å². The van der Waals surface area contributed by atoms with Crippen molar-refractivity contribution in [2.75, 3.05) is 18.0 Å². The highest BCUT2D eigenvalue weighted by molar-refractivity contribution is 7.15. The van der Waals surface area contributed by atoms with E-state index in [0.717, 1.165) is 48.1 Å². The van der Waals surface area contributed by atoms with Crippen LogP contribution in [0.5, 0.6) is 0 Å². The number of aliphatic hydroxyl groups excluding tert-OH is 1. The Balaban J connectivity index is 2.20. The number of aromatic nitrogens is 1. The third kappa shape index (κ3) is 2.80. The molecule has 3 nitrogen and oxygen atoms in total. The first-order valence-electron chi connectivity index (χ1n) is 6.54. The SMILES string of the molecule is CCN(CC(C)C)c1nc2c(s1)C(O)CCC2. The van der Waals surface area contributed by atoms with Gasteiger partial charge in [0.05, 0.1) is 16.7 Å². The number of fused-ring (bicyclic) bond motifs is 1. The predicted molar refractivity (Wildman–Crippen MR) is 72.7 cm³/mol. The maximum absolute atomic E-state index is 9.96. The van der Waals surface area contributed by atoms with Crippen molar-refractivity contribution in [3.05, 3.63) is 10.6 Å². The molecule has 0 saturated carbocycles. The number of aryl methyl sites for hydroxylation is 1. The van der Waals surface area contributed by atoms with Crippen molar-refractivity contribution in [2.45, 2.75) is 46.1 Å². The number of rotatable bonds is 4. The Morgan fingerprint density at radius 2 is 2.29 bits per heavy atom. The Labute approximate surface area is 107 Å². The summed E-state index contributed by atoms with van der Waals surface area (Å²) in [5, 5.41) is 11.1. The monoisotopic (exact) mass is 254 g/mol. The average molecular weight is 254 g/mol. The third-order valence-corrected chi connectivity index (χ3v) is 4.41. The molecule has 1 aliphatic carbocycles. The molecule has 0 radical (unpaired) electrons. The van der Waals surface area contributed by atoms with E-state index >= 15 is 0 Å². The number of thiazole rings is 1. The van der Waals surface area contributed by atoms with Gasteiger partial charge in [0.2, 0.25) is 0 Å². The first-order valence-corrected chi connectivity index (χ1v) is 7.36. The highest BCUT2D eigenvalue weighted by Gasteiger charge is 2.24. The van der Waals surface area contributed by atoms with E-state index in [9.17, 15) is 5.11 Å². The van der Waals surface area contributed by atoms with Gasteiger partial charge in [0, 0.05) is 13.1 Å². The van der Waals surface area contributed by atoms with E-state index in [1.807, 2.05) is 0 Å². The molecule has 1 N–H and O–H groups in total. The molecule has 2 rings (SSSR count). The summed E-state index contributed by atoms with van der Waals surface area (Å²) in [5.41, 5.74) is 1.13. The molecule has 96 valence electrons. The molecule has 1 unspecified atom stereocenters. The third-order valence-electron chi connectivity index (χ3n) is 3.15. The molecule has 1 aromatic rings. The fourth-order valence-electron chi connectivity index (χ4n) is 2.30. The molecule has 0 aliphatic heterocycles. The predicted octanol–water partition coefficient (Wildman–Crippen LogP) is 3.00. The second kappa shape index (κ2) is 5.36. The Morgan fingerprint density at radius 3 is 2.88 bits per heavy atom. The lowest BCUT2D eigenvalue weighted by atomic mass is 10.0. The molecular formula is C13H22N2OS. The summed E-state index contributed by atoms with van der Waals surface area (Å²) < 4.78 is 0. The molecule has 1 atom stereocenters. The number of hydrogen-bond donors (Lipinski definition) is 1. The number of hydrogen-bond acceptors (Lipinski definition) is 4. The number of nitrogens with zero attached hydrogens (tertiary/aromatic N) is 2. The fourth-order valence-corrected chi connectivity index (χ4v) is 3.51. The Morgan fingerprint density at radius 1 is 1.53 bits per heavy atom. The molecule has 0 spiro atoms. The maximum atomic E-state index is 9.96. The first-order chi connectivity index (χ1) is 8.11. The summed E-state index contributed by atoms with van der Waals surface area (Å²) >= 11 is 1.68. The second-order valence-electron chi connectivity index (χ2n) is 5.15. The van der Waals surface area contributed by atoms with Crippen molar-refractivity contribution in [2.24, 2.45) is 5.92 Å². The zero-order chi connectivity index (χ0) is 12.4. The van der Waals surface area contributed by atoms with E-state index in [2.05, 4.69) is 25.7 Å². The van der Waals surface area contributed by atoms with Gasteiger partial charge in [-0.2, -0.15) is 0 Å². The van der Waals surface area contributed by atoms with Crippen molar-refractivity contribution in [1.29, 1.82) is 0 Å². The van der Waals surface area contributed by atoms with Crippen molar-refractivity contribution in [1.82, 2.24) is 4.98 Å². The molecular weight excluding hydrogens is 232 g/mol. The summed E-state index contributed by atoms with van der Waals surface area (Å²) in [6.07, 6.45) is 2.71. The molecule has 17 heavy (non-hydrogen) atoms. The van der Waals surface area contributed by atoms with Crippen LogP contribution in [0.4, 0.5) is 5.13 Å². The van der Waals surface area contributed by atoms with Gasteiger partial charge in [-0.05, 0) is 32.1 Å². The van der Waals surface area contributed by atoms with Gasteiger partial charge in [-0.25, -0.2) is 4.98 Å². The lowest BCUT2D eigenvalue weighted by Gasteiger charge is -2.21. The largest absolute Gasteiger partial charge is 0.388 e. The van der Waals surface area contributed by atoms with Crippen LogP contribution >= 0.6 is 11.3 Å². The highest BCUT2D eigenvalue weighted by Crippen LogP contribution is 2.37. The standard InChI is InChI=1S/C13H22N2OS/c1-4-15(8-9(2)3)13-14-10-6-5-7-11(16)12(10)17-13/h9,11,16H,4-8H2,1-3H3. The average Bonchev–Trinajstić information content (AvgIpc) is 2.70. The lowest BCUT2D eigenvalue weighted by Crippen LogP contribution is -2.27. The normalized spacial score (nSPS) is 19.5. The van der Waals surface area contributed by atoms with Gasteiger partial charge >= 0.3 is 0 Å². The summed E-state index contributed by atoms with van der Waals surface area (Å²) in [6.45, 7) is 8.65.